The van der Waals surface area contributed by atoms with E-state index in [0.717, 1.165) is 7.11 Å². The number of nitrogens with zero attached hydrogens (tertiary/aromatic N) is 3. The number of ether oxygens (including phenoxy) is 2. The summed E-state index contributed by atoms with van der Waals surface area (Å²) >= 11 is 0. The van der Waals surface area contributed by atoms with E-state index in [1.807, 2.05) is 0 Å². The quantitative estimate of drug-likeness (QED) is 0.195. The number of carbonyl (C=O) groups is 2. The molecule has 0 aliphatic rings. The van der Waals surface area contributed by atoms with Crippen LogP contribution in [0.2, 0.25) is 0 Å². The Balaban J connectivity index is 3.15. The number of esters is 1. The Morgan fingerprint density at radius 3 is 2.38 bits per heavy atom. The molecule has 21 heavy (non-hydrogen) atoms. The standard InChI is InChI=1S/C14H15N3O4/c1-4-9-17(10-5-7-11(20-2)8-6-10)13(18)12(16-15)14(19)21-3/h4-8H,1,9H2,2-3H3. The highest BCUT2D eigenvalue weighted by Crippen LogP contribution is 2.19. The van der Waals surface area contributed by atoms with Gasteiger partial charge in [-0.3, -0.25) is 9.69 Å². The predicted molar refractivity (Wildman–Crippen MR) is 76.2 cm³/mol. The van der Waals surface area contributed by atoms with E-state index in [9.17, 15) is 9.59 Å². The van der Waals surface area contributed by atoms with Crippen LogP contribution in [0.5, 0.6) is 5.75 Å². The second-order valence-corrected chi connectivity index (χ2v) is 3.84. The summed E-state index contributed by atoms with van der Waals surface area (Å²) in [5.41, 5.74) is 8.62. The number of carbonyl (C=O) groups excluding carboxylic acids is 2. The molecule has 1 amide bonds. The van der Waals surface area contributed by atoms with E-state index in [0.29, 0.717) is 11.4 Å². The predicted octanol–water partition coefficient (Wildman–Crippen LogP) is 1.06. The van der Waals surface area contributed by atoms with Crippen molar-refractivity contribution in [2.45, 2.75) is 0 Å². The Hall–Kier alpha value is -2.92. The summed E-state index contributed by atoms with van der Waals surface area (Å²) in [4.78, 5) is 27.6. The fraction of sp³-hybridized carbons (Fsp3) is 0.214. The first-order valence-corrected chi connectivity index (χ1v) is 5.96. The molecular formula is C14H15N3O4. The number of rotatable bonds is 6. The normalized spacial score (nSPS) is 9.24. The van der Waals surface area contributed by atoms with Gasteiger partial charge in [0, 0.05) is 12.2 Å². The monoisotopic (exact) mass is 289 g/mol. The Morgan fingerprint density at radius 1 is 1.33 bits per heavy atom. The summed E-state index contributed by atoms with van der Waals surface area (Å²) in [7, 11) is 2.61. The van der Waals surface area contributed by atoms with E-state index >= 15 is 0 Å². The van der Waals surface area contributed by atoms with Crippen LogP contribution < -0.4 is 9.64 Å². The zero-order valence-corrected chi connectivity index (χ0v) is 11.8. The van der Waals surface area contributed by atoms with Gasteiger partial charge >= 0.3 is 17.6 Å². The van der Waals surface area contributed by atoms with Gasteiger partial charge in [0.25, 0.3) is 0 Å². The van der Waals surface area contributed by atoms with Gasteiger partial charge in [0.1, 0.15) is 5.75 Å². The van der Waals surface area contributed by atoms with Crippen LogP contribution >= 0.6 is 0 Å². The number of hydrogen-bond donors (Lipinski definition) is 0. The lowest BCUT2D eigenvalue weighted by atomic mass is 10.2. The second kappa shape index (κ2) is 7.62. The van der Waals surface area contributed by atoms with E-state index in [4.69, 9.17) is 10.3 Å². The summed E-state index contributed by atoms with van der Waals surface area (Å²) in [6, 6.07) is 6.58. The molecule has 0 aliphatic heterocycles. The van der Waals surface area contributed by atoms with Crippen LogP contribution in [0, 0.1) is 0 Å². The largest absolute Gasteiger partial charge is 0.497 e. The number of hydrogen-bond acceptors (Lipinski definition) is 4. The SMILES string of the molecule is C=CCN(C(=O)C(=[N+]=[N-])C(=O)OC)c1ccc(OC)cc1. The Labute approximate surface area is 122 Å². The minimum absolute atomic E-state index is 0.126. The van der Waals surface area contributed by atoms with Gasteiger partial charge in [-0.25, -0.2) is 4.79 Å². The smallest absolute Gasteiger partial charge is 0.463 e. The lowest BCUT2D eigenvalue weighted by Crippen LogP contribution is -2.41. The number of anilines is 1. The topological polar surface area (TPSA) is 92.2 Å². The molecule has 7 nitrogen and oxygen atoms in total. The number of methoxy groups -OCH3 is 2. The fourth-order valence-electron chi connectivity index (χ4n) is 1.59. The summed E-state index contributed by atoms with van der Waals surface area (Å²) in [5, 5.41) is 0. The molecule has 1 aromatic rings. The maximum atomic E-state index is 12.3. The van der Waals surface area contributed by atoms with Crippen LogP contribution in [0.1, 0.15) is 0 Å². The van der Waals surface area contributed by atoms with Gasteiger partial charge in [-0.2, -0.15) is 4.79 Å². The lowest BCUT2D eigenvalue weighted by molar-refractivity contribution is -0.139. The molecule has 0 unspecified atom stereocenters. The highest BCUT2D eigenvalue weighted by molar-refractivity contribution is 6.64. The summed E-state index contributed by atoms with van der Waals surface area (Å²) < 4.78 is 9.43. The highest BCUT2D eigenvalue weighted by atomic mass is 16.5. The maximum Gasteiger partial charge on any atom is 0.463 e. The summed E-state index contributed by atoms with van der Waals surface area (Å²) in [6.45, 7) is 3.68. The molecule has 0 atom stereocenters. The molecule has 0 radical (unpaired) electrons. The van der Waals surface area contributed by atoms with Gasteiger partial charge in [0.2, 0.25) is 0 Å². The molecule has 1 aromatic carbocycles. The van der Waals surface area contributed by atoms with Crippen molar-refractivity contribution in [3.05, 3.63) is 42.5 Å². The molecule has 0 bridgehead atoms. The number of benzene rings is 1. The molecule has 1 rings (SSSR count). The molecule has 0 aliphatic carbocycles. The van der Waals surface area contributed by atoms with Crippen LogP contribution in [0.25, 0.3) is 5.53 Å². The molecule has 0 saturated heterocycles. The molecule has 0 N–H and O–H groups in total. The van der Waals surface area contributed by atoms with E-state index in [2.05, 4.69) is 16.1 Å². The molecule has 0 fully saturated rings. The van der Waals surface area contributed by atoms with E-state index < -0.39 is 17.6 Å². The highest BCUT2D eigenvalue weighted by Gasteiger charge is 2.35. The number of amides is 1. The van der Waals surface area contributed by atoms with Gasteiger partial charge in [-0.15, -0.1) is 6.58 Å². The van der Waals surface area contributed by atoms with E-state index in [1.54, 1.807) is 24.3 Å². The molecule has 0 saturated carbocycles. The molecule has 0 heterocycles. The van der Waals surface area contributed by atoms with Crippen LogP contribution in [0.4, 0.5) is 5.69 Å². The zero-order valence-electron chi connectivity index (χ0n) is 11.8. The van der Waals surface area contributed by atoms with Crippen molar-refractivity contribution in [3.8, 4) is 5.75 Å². The first-order valence-electron chi connectivity index (χ1n) is 5.96. The average Bonchev–Trinajstić information content (AvgIpc) is 2.53. The minimum atomic E-state index is -1.02. The third-order valence-corrected chi connectivity index (χ3v) is 2.62. The second-order valence-electron chi connectivity index (χ2n) is 3.84. The minimum Gasteiger partial charge on any atom is -0.497 e. The average molecular weight is 289 g/mol. The van der Waals surface area contributed by atoms with Gasteiger partial charge in [0.05, 0.1) is 14.2 Å². The van der Waals surface area contributed by atoms with Crippen molar-refractivity contribution in [1.82, 2.24) is 0 Å². The van der Waals surface area contributed by atoms with Gasteiger partial charge < -0.3 is 15.0 Å². The van der Waals surface area contributed by atoms with Crippen molar-refractivity contribution in [2.75, 3.05) is 25.7 Å². The lowest BCUT2D eigenvalue weighted by Gasteiger charge is -2.18. The van der Waals surface area contributed by atoms with Crippen LogP contribution in [0.3, 0.4) is 0 Å². The third kappa shape index (κ3) is 3.77. The van der Waals surface area contributed by atoms with Crippen LogP contribution in [-0.2, 0) is 14.3 Å². The van der Waals surface area contributed by atoms with Gasteiger partial charge in [-0.1, -0.05) is 6.08 Å². The summed E-state index contributed by atoms with van der Waals surface area (Å²) in [5.74, 6) is -1.20. The van der Waals surface area contributed by atoms with E-state index in [1.165, 1.54) is 18.1 Å². The van der Waals surface area contributed by atoms with Gasteiger partial charge in [-0.05, 0) is 24.3 Å². The first kappa shape index (κ1) is 16.1. The van der Waals surface area contributed by atoms with Crippen molar-refractivity contribution in [3.63, 3.8) is 0 Å². The Morgan fingerprint density at radius 2 is 1.95 bits per heavy atom. The molecule has 110 valence electrons. The van der Waals surface area contributed by atoms with Crippen molar-refractivity contribution in [1.29, 1.82) is 0 Å². The van der Waals surface area contributed by atoms with Crippen molar-refractivity contribution in [2.24, 2.45) is 0 Å². The van der Waals surface area contributed by atoms with Crippen molar-refractivity contribution >= 4 is 23.3 Å². The Bertz CT molecular complexity index is 589. The first-order chi connectivity index (χ1) is 10.1. The van der Waals surface area contributed by atoms with Gasteiger partial charge in [0.15, 0.2) is 0 Å². The van der Waals surface area contributed by atoms with Crippen LogP contribution in [0.15, 0.2) is 36.9 Å². The zero-order chi connectivity index (χ0) is 15.8. The molecular weight excluding hydrogens is 274 g/mol. The third-order valence-electron chi connectivity index (χ3n) is 2.62. The molecule has 7 heteroatoms. The fourth-order valence-corrected chi connectivity index (χ4v) is 1.59. The van der Waals surface area contributed by atoms with Crippen molar-refractivity contribution < 1.29 is 23.9 Å². The maximum absolute atomic E-state index is 12.3. The molecule has 0 spiro atoms. The molecule has 0 aromatic heterocycles. The summed E-state index contributed by atoms with van der Waals surface area (Å²) in [6.07, 6.45) is 1.48. The van der Waals surface area contributed by atoms with Crippen LogP contribution in [-0.4, -0.2) is 43.1 Å². The Kier molecular flexibility index (Phi) is 5.85. The van der Waals surface area contributed by atoms with E-state index in [-0.39, 0.29) is 6.54 Å².